The van der Waals surface area contributed by atoms with E-state index in [-0.39, 0.29) is 11.5 Å². The number of nitro groups is 1. The predicted octanol–water partition coefficient (Wildman–Crippen LogP) is 0.998. The minimum absolute atomic E-state index is 0.123. The van der Waals surface area contributed by atoms with Gasteiger partial charge in [0, 0.05) is 32.5 Å². The van der Waals surface area contributed by atoms with Gasteiger partial charge in [-0.2, -0.15) is 4.98 Å². The molecule has 2 rings (SSSR count). The summed E-state index contributed by atoms with van der Waals surface area (Å²) < 4.78 is 2.05. The highest BCUT2D eigenvalue weighted by atomic mass is 16.6. The summed E-state index contributed by atoms with van der Waals surface area (Å²) >= 11 is 0. The minimum atomic E-state index is -0.596. The third kappa shape index (κ3) is 3.44. The van der Waals surface area contributed by atoms with Gasteiger partial charge in [-0.1, -0.05) is 0 Å². The monoisotopic (exact) mass is 291 g/mol. The van der Waals surface area contributed by atoms with Crippen molar-refractivity contribution in [2.45, 2.75) is 19.9 Å². The van der Waals surface area contributed by atoms with E-state index in [4.69, 9.17) is 5.73 Å². The van der Waals surface area contributed by atoms with E-state index in [9.17, 15) is 10.1 Å². The summed E-state index contributed by atoms with van der Waals surface area (Å²) in [5.74, 6) is 1.22. The number of hydrogen-bond acceptors (Lipinski definition) is 7. The fourth-order valence-corrected chi connectivity index (χ4v) is 1.92. The van der Waals surface area contributed by atoms with Crippen molar-refractivity contribution < 1.29 is 4.92 Å². The van der Waals surface area contributed by atoms with Crippen LogP contribution in [0.4, 0.5) is 17.5 Å². The molecule has 2 N–H and O–H groups in total. The van der Waals surface area contributed by atoms with Gasteiger partial charge in [0.05, 0.1) is 4.92 Å². The second kappa shape index (κ2) is 6.16. The fourth-order valence-electron chi connectivity index (χ4n) is 1.92. The van der Waals surface area contributed by atoms with Gasteiger partial charge in [0.15, 0.2) is 0 Å². The standard InChI is InChI=1S/C12H17N7O2/c1-9-14-4-7-18(9)6-3-5-17(2)12-15-8-10(19(20)21)11(13)16-12/h4,7-8H,3,5-6H2,1-2H3,(H2,13,15,16). The highest BCUT2D eigenvalue weighted by Gasteiger charge is 2.15. The molecule has 2 aromatic rings. The van der Waals surface area contributed by atoms with Gasteiger partial charge in [0.1, 0.15) is 12.0 Å². The van der Waals surface area contributed by atoms with Crippen LogP contribution in [0.2, 0.25) is 0 Å². The molecule has 9 nitrogen and oxygen atoms in total. The molecular formula is C12H17N7O2. The van der Waals surface area contributed by atoms with Crippen molar-refractivity contribution >= 4 is 17.5 Å². The number of aryl methyl sites for hydroxylation is 2. The van der Waals surface area contributed by atoms with Crippen LogP contribution in [-0.2, 0) is 6.54 Å². The van der Waals surface area contributed by atoms with E-state index < -0.39 is 4.92 Å². The van der Waals surface area contributed by atoms with E-state index in [0.29, 0.717) is 12.5 Å². The molecule has 2 aromatic heterocycles. The maximum absolute atomic E-state index is 10.7. The van der Waals surface area contributed by atoms with Crippen molar-refractivity contribution in [1.29, 1.82) is 0 Å². The molecule has 0 bridgehead atoms. The van der Waals surface area contributed by atoms with Crippen LogP contribution in [0.5, 0.6) is 0 Å². The van der Waals surface area contributed by atoms with E-state index in [2.05, 4.69) is 19.5 Å². The Balaban J connectivity index is 1.94. The highest BCUT2D eigenvalue weighted by Crippen LogP contribution is 2.19. The molecular weight excluding hydrogens is 274 g/mol. The van der Waals surface area contributed by atoms with Crippen molar-refractivity contribution in [2.24, 2.45) is 0 Å². The molecule has 0 atom stereocenters. The Kier molecular flexibility index (Phi) is 4.31. The van der Waals surface area contributed by atoms with E-state index in [1.54, 1.807) is 6.20 Å². The van der Waals surface area contributed by atoms with Gasteiger partial charge in [0.25, 0.3) is 0 Å². The average molecular weight is 291 g/mol. The van der Waals surface area contributed by atoms with E-state index in [1.807, 2.05) is 25.1 Å². The lowest BCUT2D eigenvalue weighted by molar-refractivity contribution is -0.384. The zero-order valence-electron chi connectivity index (χ0n) is 11.9. The van der Waals surface area contributed by atoms with E-state index in [1.165, 1.54) is 0 Å². The van der Waals surface area contributed by atoms with Gasteiger partial charge in [0.2, 0.25) is 11.8 Å². The van der Waals surface area contributed by atoms with Gasteiger partial charge >= 0.3 is 5.69 Å². The molecule has 0 radical (unpaired) electrons. The molecule has 2 heterocycles. The molecule has 0 aliphatic heterocycles. The second-order valence-electron chi connectivity index (χ2n) is 4.64. The Labute approximate surface area is 121 Å². The maximum atomic E-state index is 10.7. The molecule has 0 aliphatic rings. The lowest BCUT2D eigenvalue weighted by Crippen LogP contribution is -2.22. The third-order valence-corrected chi connectivity index (χ3v) is 3.14. The lowest BCUT2D eigenvalue weighted by atomic mass is 10.4. The van der Waals surface area contributed by atoms with Crippen molar-refractivity contribution in [2.75, 3.05) is 24.2 Å². The maximum Gasteiger partial charge on any atom is 0.329 e. The number of nitrogen functional groups attached to an aromatic ring is 1. The van der Waals surface area contributed by atoms with Crippen molar-refractivity contribution in [3.63, 3.8) is 0 Å². The zero-order chi connectivity index (χ0) is 15.4. The molecule has 21 heavy (non-hydrogen) atoms. The SMILES string of the molecule is Cc1nccn1CCCN(C)c1ncc([N+](=O)[O-])c(N)n1. The normalized spacial score (nSPS) is 10.6. The Morgan fingerprint density at radius 2 is 2.24 bits per heavy atom. The first-order chi connectivity index (χ1) is 9.99. The van der Waals surface area contributed by atoms with E-state index in [0.717, 1.165) is 25.0 Å². The van der Waals surface area contributed by atoms with Gasteiger partial charge in [-0.15, -0.1) is 0 Å². The number of hydrogen-bond donors (Lipinski definition) is 1. The fraction of sp³-hybridized carbons (Fsp3) is 0.417. The molecule has 0 saturated carbocycles. The van der Waals surface area contributed by atoms with Gasteiger partial charge in [-0.25, -0.2) is 9.97 Å². The number of nitrogens with zero attached hydrogens (tertiary/aromatic N) is 6. The van der Waals surface area contributed by atoms with E-state index >= 15 is 0 Å². The first-order valence-corrected chi connectivity index (χ1v) is 6.45. The van der Waals surface area contributed by atoms with Gasteiger partial charge in [-0.3, -0.25) is 10.1 Å². The van der Waals surface area contributed by atoms with Gasteiger partial charge < -0.3 is 15.2 Å². The van der Waals surface area contributed by atoms with Crippen LogP contribution in [-0.4, -0.2) is 38.0 Å². The first kappa shape index (κ1) is 14.7. The van der Waals surface area contributed by atoms with Crippen LogP contribution in [0.25, 0.3) is 0 Å². The van der Waals surface area contributed by atoms with Crippen LogP contribution >= 0.6 is 0 Å². The Bertz CT molecular complexity index is 640. The number of imidazole rings is 1. The van der Waals surface area contributed by atoms with Gasteiger partial charge in [-0.05, 0) is 13.3 Å². The summed E-state index contributed by atoms with van der Waals surface area (Å²) in [6, 6.07) is 0. The topological polar surface area (TPSA) is 116 Å². The van der Waals surface area contributed by atoms with Crippen LogP contribution in [0.3, 0.4) is 0 Å². The van der Waals surface area contributed by atoms with Crippen LogP contribution in [0, 0.1) is 17.0 Å². The molecule has 0 fully saturated rings. The largest absolute Gasteiger partial charge is 0.378 e. The third-order valence-electron chi connectivity index (χ3n) is 3.14. The summed E-state index contributed by atoms with van der Waals surface area (Å²) in [6.45, 7) is 3.48. The summed E-state index contributed by atoms with van der Waals surface area (Å²) in [5, 5.41) is 10.7. The molecule has 0 spiro atoms. The molecule has 0 unspecified atom stereocenters. The Morgan fingerprint density at radius 3 is 2.81 bits per heavy atom. The number of rotatable bonds is 6. The van der Waals surface area contributed by atoms with Crippen molar-refractivity contribution in [1.82, 2.24) is 19.5 Å². The molecule has 0 saturated heterocycles. The van der Waals surface area contributed by atoms with Crippen LogP contribution < -0.4 is 10.6 Å². The van der Waals surface area contributed by atoms with Crippen LogP contribution in [0.1, 0.15) is 12.2 Å². The molecule has 112 valence electrons. The quantitative estimate of drug-likeness (QED) is 0.623. The summed E-state index contributed by atoms with van der Waals surface area (Å²) in [4.78, 5) is 24.0. The van der Waals surface area contributed by atoms with Crippen LogP contribution in [0.15, 0.2) is 18.6 Å². The lowest BCUT2D eigenvalue weighted by Gasteiger charge is -2.17. The Hall–Kier alpha value is -2.71. The Morgan fingerprint density at radius 1 is 1.48 bits per heavy atom. The summed E-state index contributed by atoms with van der Waals surface area (Å²) in [5.41, 5.74) is 5.28. The second-order valence-corrected chi connectivity index (χ2v) is 4.64. The number of aromatic nitrogens is 4. The smallest absolute Gasteiger partial charge is 0.329 e. The minimum Gasteiger partial charge on any atom is -0.378 e. The van der Waals surface area contributed by atoms with Crippen molar-refractivity contribution in [3.05, 3.63) is 34.5 Å². The molecule has 0 amide bonds. The summed E-state index contributed by atoms with van der Waals surface area (Å²) in [6.07, 6.45) is 5.69. The molecule has 0 aromatic carbocycles. The first-order valence-electron chi connectivity index (χ1n) is 6.45. The predicted molar refractivity (Wildman–Crippen MR) is 77.9 cm³/mol. The number of nitrogens with two attached hydrogens (primary N) is 1. The molecule has 9 heteroatoms. The molecule has 0 aliphatic carbocycles. The zero-order valence-corrected chi connectivity index (χ0v) is 11.9. The van der Waals surface area contributed by atoms with Crippen molar-refractivity contribution in [3.8, 4) is 0 Å². The number of anilines is 2. The average Bonchev–Trinajstić information content (AvgIpc) is 2.83. The summed E-state index contributed by atoms with van der Waals surface area (Å²) in [7, 11) is 1.82. The highest BCUT2D eigenvalue weighted by molar-refractivity contribution is 5.53.